The van der Waals surface area contributed by atoms with E-state index in [0.717, 1.165) is 82.5 Å². The second-order valence-electron chi connectivity index (χ2n) is 21.0. The molecule has 0 aliphatic carbocycles. The molecule has 6 aromatic rings. The zero-order valence-corrected chi connectivity index (χ0v) is 46.4. The zero-order chi connectivity index (χ0) is 54.9. The lowest BCUT2D eigenvalue weighted by Gasteiger charge is -2.35. The van der Waals surface area contributed by atoms with Crippen LogP contribution < -0.4 is 20.9 Å². The number of fused-ring (bicyclic) bond motifs is 1. The Bertz CT molecular complexity index is 3020. The Morgan fingerprint density at radius 2 is 1.55 bits per heavy atom. The summed E-state index contributed by atoms with van der Waals surface area (Å²) in [6.45, 7) is 15.2. The smallest absolute Gasteiger partial charge is 0.255 e. The summed E-state index contributed by atoms with van der Waals surface area (Å²) in [5.74, 6) is -0.771. The largest absolute Gasteiger partial charge is 0.391 e. The van der Waals surface area contributed by atoms with Crippen LogP contribution in [0.15, 0.2) is 108 Å². The number of pyridine rings is 1. The molecule has 78 heavy (non-hydrogen) atoms. The van der Waals surface area contributed by atoms with Crippen molar-refractivity contribution in [2.75, 3.05) is 75.9 Å². The van der Waals surface area contributed by atoms with E-state index in [-0.39, 0.29) is 55.7 Å². The highest BCUT2D eigenvalue weighted by atomic mass is 32.1. The normalized spacial score (nSPS) is 17.9. The molecule has 20 heteroatoms. The highest BCUT2D eigenvalue weighted by Crippen LogP contribution is 2.36. The molecule has 0 saturated carbocycles. The Morgan fingerprint density at radius 1 is 0.821 bits per heavy atom. The molecule has 410 valence electrons. The Morgan fingerprint density at radius 3 is 2.23 bits per heavy atom. The van der Waals surface area contributed by atoms with E-state index in [1.165, 1.54) is 16.2 Å². The first-order chi connectivity index (χ1) is 37.6. The number of likely N-dealkylation sites (tertiary alicyclic amines) is 1. The summed E-state index contributed by atoms with van der Waals surface area (Å²) < 4.78 is 11.6. The minimum atomic E-state index is -0.935. The first-order valence-corrected chi connectivity index (χ1v) is 28.2. The van der Waals surface area contributed by atoms with E-state index in [9.17, 15) is 29.1 Å². The van der Waals surface area contributed by atoms with E-state index < -0.39 is 35.6 Å². The van der Waals surface area contributed by atoms with E-state index in [4.69, 9.17) is 14.5 Å². The van der Waals surface area contributed by atoms with Crippen LogP contribution >= 0.6 is 22.7 Å². The molecule has 18 nitrogen and oxygen atoms in total. The van der Waals surface area contributed by atoms with Gasteiger partial charge in [0.1, 0.15) is 23.9 Å². The highest BCUT2D eigenvalue weighted by Gasteiger charge is 2.45. The topological polar surface area (TPSA) is 212 Å². The molecule has 3 aromatic heterocycles. The van der Waals surface area contributed by atoms with Crippen molar-refractivity contribution in [3.63, 3.8) is 0 Å². The van der Waals surface area contributed by atoms with E-state index in [1.54, 1.807) is 27.8 Å². The van der Waals surface area contributed by atoms with Crippen LogP contribution in [0.5, 0.6) is 0 Å². The number of aliphatic hydroxyl groups excluding tert-OH is 1. The monoisotopic (exact) mass is 1100 g/mol. The van der Waals surface area contributed by atoms with Gasteiger partial charge in [0.15, 0.2) is 5.13 Å². The molecule has 0 radical (unpaired) electrons. The van der Waals surface area contributed by atoms with Gasteiger partial charge in [0.05, 0.1) is 54.7 Å². The van der Waals surface area contributed by atoms with Gasteiger partial charge in [-0.1, -0.05) is 87.5 Å². The summed E-state index contributed by atoms with van der Waals surface area (Å²) in [4.78, 5) is 90.7. The molecule has 6 heterocycles. The fourth-order valence-electron chi connectivity index (χ4n) is 10.2. The highest BCUT2D eigenvalue weighted by molar-refractivity contribution is 7.14. The number of piperazine rings is 1. The molecular weight excluding hydrogens is 1030 g/mol. The number of anilines is 2. The lowest BCUT2D eigenvalue weighted by molar-refractivity contribution is -0.144. The van der Waals surface area contributed by atoms with E-state index in [0.29, 0.717) is 37.1 Å². The molecule has 2 fully saturated rings. The fourth-order valence-corrected chi connectivity index (χ4v) is 11.5. The van der Waals surface area contributed by atoms with Crippen LogP contribution in [0.4, 0.5) is 10.9 Å². The van der Waals surface area contributed by atoms with Crippen molar-refractivity contribution < 1.29 is 38.6 Å². The number of carbonyl (C=O) groups is 5. The van der Waals surface area contributed by atoms with E-state index >= 15 is 0 Å². The molecule has 5 amide bonds. The van der Waals surface area contributed by atoms with Gasteiger partial charge < -0.3 is 39.9 Å². The van der Waals surface area contributed by atoms with Gasteiger partial charge in [-0.2, -0.15) is 0 Å². The van der Waals surface area contributed by atoms with Gasteiger partial charge in [0.2, 0.25) is 17.7 Å². The average molecular weight is 1100 g/mol. The number of benzene rings is 3. The van der Waals surface area contributed by atoms with Gasteiger partial charge in [0, 0.05) is 87.6 Å². The zero-order valence-electron chi connectivity index (χ0n) is 44.7. The Labute approximate surface area is 463 Å². The van der Waals surface area contributed by atoms with E-state index in [2.05, 4.69) is 35.7 Å². The lowest BCUT2D eigenvalue weighted by Crippen LogP contribution is -2.58. The van der Waals surface area contributed by atoms with Crippen LogP contribution in [-0.2, 0) is 35.2 Å². The molecule has 4 N–H and O–H groups in total. The summed E-state index contributed by atoms with van der Waals surface area (Å²) in [5, 5.41) is 21.8. The van der Waals surface area contributed by atoms with Gasteiger partial charge in [0.25, 0.3) is 11.8 Å². The molecule has 3 aliphatic heterocycles. The standard InChI is InChI=1S/C58H68N10O8S2/c1-37(39-11-13-41(14-12-39)51-38(2)61-36-78-51)62-53(71)47-32-45(69)35-67(47)56(74)52(58(3,4)5)63-49(70)19-26-75-28-29-76-27-25-65-21-23-66(24-22-65)48-18-17-43(33-60-48)42-15-16-44-34-68(55(73)46(44)31-42)50(40-9-7-6-8-10-40)54(72)64-57-59-20-30-77-57/h6-18,20,30-31,33,36-37,45,47,50,52,69H,19,21-29,32,34-35H2,1-5H3,(H,62,71)(H,63,70)(H,59,64,72)/t37-,45+,47-,50?,52+/m0/s1. The minimum absolute atomic E-state index is 0.00907. The predicted molar refractivity (Wildman–Crippen MR) is 301 cm³/mol. The molecule has 1 unspecified atom stereocenters. The number of aryl methyl sites for hydroxylation is 1. The van der Waals surface area contributed by atoms with Crippen molar-refractivity contribution >= 4 is 63.2 Å². The molecular formula is C58H68N10O8S2. The second kappa shape index (κ2) is 25.2. The molecule has 2 saturated heterocycles. The number of nitrogens with one attached hydrogen (secondary N) is 3. The Kier molecular flexibility index (Phi) is 18.1. The minimum Gasteiger partial charge on any atom is -0.391 e. The first-order valence-electron chi connectivity index (χ1n) is 26.5. The van der Waals surface area contributed by atoms with Gasteiger partial charge in [-0.05, 0) is 65.3 Å². The number of rotatable bonds is 21. The third-order valence-corrected chi connectivity index (χ3v) is 16.2. The summed E-state index contributed by atoms with van der Waals surface area (Å²) in [5.41, 5.74) is 7.97. The number of carbonyl (C=O) groups excluding carboxylic acids is 5. The quantitative estimate of drug-likeness (QED) is 0.0542. The number of β-amino-alcohol motifs (C(OH)–C–C–N with tert-alkyl or cyclic N) is 1. The van der Waals surface area contributed by atoms with E-state index in [1.807, 2.05) is 131 Å². The van der Waals surface area contributed by atoms with Crippen molar-refractivity contribution in [1.82, 2.24) is 40.3 Å². The van der Waals surface area contributed by atoms with Crippen LogP contribution in [0.2, 0.25) is 0 Å². The number of aromatic nitrogens is 3. The molecule has 3 aliphatic rings. The van der Waals surface area contributed by atoms with Crippen LogP contribution in [0, 0.1) is 12.3 Å². The first kappa shape index (κ1) is 55.8. The summed E-state index contributed by atoms with van der Waals surface area (Å²) in [6, 6.07) is 24.2. The maximum absolute atomic E-state index is 14.1. The molecule has 9 rings (SSSR count). The van der Waals surface area contributed by atoms with Gasteiger partial charge in [-0.25, -0.2) is 15.0 Å². The van der Waals surface area contributed by atoms with Crippen LogP contribution in [0.25, 0.3) is 21.6 Å². The summed E-state index contributed by atoms with van der Waals surface area (Å²) >= 11 is 2.90. The Balaban J connectivity index is 0.667. The number of aliphatic hydroxyl groups is 1. The number of hydrogen-bond acceptors (Lipinski definition) is 15. The van der Waals surface area contributed by atoms with Crippen LogP contribution in [0.1, 0.15) is 85.4 Å². The third kappa shape index (κ3) is 13.5. The van der Waals surface area contributed by atoms with Crippen molar-refractivity contribution in [2.45, 2.75) is 84.3 Å². The fraction of sp³-hybridized carbons (Fsp3) is 0.414. The number of amides is 5. The summed E-state index contributed by atoms with van der Waals surface area (Å²) in [6.07, 6.45) is 2.73. The van der Waals surface area contributed by atoms with Gasteiger partial charge >= 0.3 is 0 Å². The number of nitrogens with zero attached hydrogens (tertiary/aromatic N) is 7. The molecule has 5 atom stereocenters. The molecule has 0 bridgehead atoms. The van der Waals surface area contributed by atoms with Gasteiger partial charge in [-0.15, -0.1) is 22.7 Å². The van der Waals surface area contributed by atoms with Crippen LogP contribution in [-0.4, -0.2) is 148 Å². The lowest BCUT2D eigenvalue weighted by atomic mass is 9.85. The average Bonchev–Trinajstić information content (AvgIpc) is 4.46. The number of ether oxygens (including phenoxy) is 2. The van der Waals surface area contributed by atoms with Gasteiger partial charge in [-0.3, -0.25) is 34.2 Å². The van der Waals surface area contributed by atoms with Crippen molar-refractivity contribution in [2.24, 2.45) is 5.41 Å². The third-order valence-electron chi connectivity index (χ3n) is 14.5. The van der Waals surface area contributed by atoms with Crippen LogP contribution in [0.3, 0.4) is 0 Å². The van der Waals surface area contributed by atoms with Crippen molar-refractivity contribution in [3.8, 4) is 21.6 Å². The number of hydrogen-bond donors (Lipinski definition) is 4. The molecule has 3 aromatic carbocycles. The maximum Gasteiger partial charge on any atom is 0.255 e. The maximum atomic E-state index is 14.1. The number of thiazole rings is 2. The predicted octanol–water partition coefficient (Wildman–Crippen LogP) is 6.89. The SMILES string of the molecule is Cc1ncsc1-c1ccc([C@H](C)NC(=O)[C@@H]2C[C@@H](O)CN2C(=O)[C@@H](NC(=O)CCOCCOCCN2CCN(c3ccc(-c4ccc5c(c4)C(=O)N(C(C(=O)Nc4nccs4)c4ccccc4)C5)cn3)CC2)C(C)(C)C)cc1. The Hall–Kier alpha value is -6.94. The molecule has 0 spiro atoms. The van der Waals surface area contributed by atoms with Crippen molar-refractivity contribution in [1.29, 1.82) is 0 Å². The second-order valence-corrected chi connectivity index (χ2v) is 22.8. The summed E-state index contributed by atoms with van der Waals surface area (Å²) in [7, 11) is 0. The van der Waals surface area contributed by atoms with Crippen molar-refractivity contribution in [3.05, 3.63) is 136 Å².